The van der Waals surface area contributed by atoms with E-state index in [0.717, 1.165) is 33.6 Å². The third-order valence-electron chi connectivity index (χ3n) is 4.04. The van der Waals surface area contributed by atoms with Gasteiger partial charge < -0.3 is 9.72 Å². The Morgan fingerprint density at radius 2 is 1.71 bits per heavy atom. The molecular weight excluding hydrogens is 298 g/mol. The van der Waals surface area contributed by atoms with E-state index in [1.165, 1.54) is 0 Å². The number of H-pyrrole nitrogens is 1. The number of aromatic amines is 1. The highest BCUT2D eigenvalue weighted by Crippen LogP contribution is 2.36. The smallest absolute Gasteiger partial charge is 0.340 e. The van der Waals surface area contributed by atoms with E-state index in [1.54, 1.807) is 0 Å². The van der Waals surface area contributed by atoms with E-state index in [1.807, 2.05) is 69.3 Å². The van der Waals surface area contributed by atoms with E-state index >= 15 is 0 Å². The van der Waals surface area contributed by atoms with Gasteiger partial charge in [0.15, 0.2) is 0 Å². The van der Waals surface area contributed by atoms with Crippen molar-refractivity contribution in [2.75, 3.05) is 6.61 Å². The molecule has 3 aromatic rings. The molecule has 0 bridgehead atoms. The number of hydrogen-bond donors (Lipinski definition) is 1. The van der Waals surface area contributed by atoms with E-state index in [0.29, 0.717) is 12.2 Å². The first-order valence-electron chi connectivity index (χ1n) is 8.14. The molecule has 3 nitrogen and oxygen atoms in total. The quantitative estimate of drug-likeness (QED) is 0.676. The van der Waals surface area contributed by atoms with Gasteiger partial charge in [0.2, 0.25) is 0 Å². The average molecular weight is 319 g/mol. The molecule has 0 amide bonds. The minimum Gasteiger partial charge on any atom is -0.462 e. The number of nitrogens with one attached hydrogen (secondary N) is 1. The highest BCUT2D eigenvalue weighted by atomic mass is 16.5. The van der Waals surface area contributed by atoms with Gasteiger partial charge in [-0.3, -0.25) is 0 Å². The number of aryl methyl sites for hydroxylation is 2. The zero-order valence-corrected chi connectivity index (χ0v) is 14.2. The molecule has 3 rings (SSSR count). The average Bonchev–Trinajstić information content (AvgIpc) is 2.93. The predicted molar refractivity (Wildman–Crippen MR) is 97.1 cm³/mol. The first-order valence-corrected chi connectivity index (χ1v) is 8.14. The van der Waals surface area contributed by atoms with Gasteiger partial charge in [0.05, 0.1) is 17.9 Å². The molecule has 0 unspecified atom stereocenters. The second-order valence-corrected chi connectivity index (χ2v) is 5.83. The Morgan fingerprint density at radius 3 is 2.38 bits per heavy atom. The summed E-state index contributed by atoms with van der Waals surface area (Å²) >= 11 is 0. The molecule has 122 valence electrons. The molecule has 0 spiro atoms. The van der Waals surface area contributed by atoms with Crippen LogP contribution in [0.3, 0.4) is 0 Å². The van der Waals surface area contributed by atoms with Gasteiger partial charge in [0, 0.05) is 11.3 Å². The van der Waals surface area contributed by atoms with Crippen molar-refractivity contribution in [2.24, 2.45) is 0 Å². The summed E-state index contributed by atoms with van der Waals surface area (Å²) < 4.78 is 5.34. The molecule has 1 heterocycles. The zero-order valence-electron chi connectivity index (χ0n) is 14.2. The van der Waals surface area contributed by atoms with Gasteiger partial charge in [0.1, 0.15) is 0 Å². The highest BCUT2D eigenvalue weighted by molar-refractivity contribution is 6.04. The lowest BCUT2D eigenvalue weighted by Gasteiger charge is -2.08. The van der Waals surface area contributed by atoms with Crippen LogP contribution in [-0.4, -0.2) is 17.6 Å². The Hall–Kier alpha value is -2.81. The SMILES string of the molecule is CCOC(=O)c1c(-c2cccc(C)c2)[nH]c(C)c1-c1ccccc1. The van der Waals surface area contributed by atoms with Crippen LogP contribution in [0, 0.1) is 13.8 Å². The van der Waals surface area contributed by atoms with Gasteiger partial charge in [-0.2, -0.15) is 0 Å². The van der Waals surface area contributed by atoms with Crippen molar-refractivity contribution in [3.63, 3.8) is 0 Å². The van der Waals surface area contributed by atoms with Crippen LogP contribution < -0.4 is 0 Å². The molecule has 0 saturated heterocycles. The lowest BCUT2D eigenvalue weighted by Crippen LogP contribution is -2.06. The maximum Gasteiger partial charge on any atom is 0.340 e. The molecule has 1 N–H and O–H groups in total. The molecule has 2 aromatic carbocycles. The van der Waals surface area contributed by atoms with Crippen LogP contribution >= 0.6 is 0 Å². The molecule has 0 aliphatic heterocycles. The Kier molecular flexibility index (Phi) is 4.52. The Bertz CT molecular complexity index is 863. The number of ether oxygens (including phenoxy) is 1. The summed E-state index contributed by atoms with van der Waals surface area (Å²) in [7, 11) is 0. The van der Waals surface area contributed by atoms with Crippen LogP contribution in [0.2, 0.25) is 0 Å². The Labute approximate surface area is 142 Å². The van der Waals surface area contributed by atoms with Crippen molar-refractivity contribution in [1.29, 1.82) is 0 Å². The van der Waals surface area contributed by atoms with Crippen molar-refractivity contribution in [3.05, 3.63) is 71.4 Å². The maximum absolute atomic E-state index is 12.7. The van der Waals surface area contributed by atoms with E-state index in [-0.39, 0.29) is 5.97 Å². The second-order valence-electron chi connectivity index (χ2n) is 5.83. The standard InChI is InChI=1S/C21H21NO2/c1-4-24-21(23)19-18(16-10-6-5-7-11-16)15(3)22-20(19)17-12-8-9-14(2)13-17/h5-13,22H,4H2,1-3H3. The number of carbonyl (C=O) groups excluding carboxylic acids is 1. The lowest BCUT2D eigenvalue weighted by molar-refractivity contribution is 0.0528. The molecule has 0 aliphatic rings. The van der Waals surface area contributed by atoms with E-state index in [4.69, 9.17) is 4.74 Å². The number of carbonyl (C=O) groups is 1. The van der Waals surface area contributed by atoms with Gasteiger partial charge in [0.25, 0.3) is 0 Å². The molecule has 0 saturated carbocycles. The summed E-state index contributed by atoms with van der Waals surface area (Å²) in [6, 6.07) is 18.1. The zero-order chi connectivity index (χ0) is 17.1. The summed E-state index contributed by atoms with van der Waals surface area (Å²) in [6.07, 6.45) is 0. The highest BCUT2D eigenvalue weighted by Gasteiger charge is 2.24. The Balaban J connectivity index is 2.25. The van der Waals surface area contributed by atoms with Gasteiger partial charge in [-0.15, -0.1) is 0 Å². The molecular formula is C21H21NO2. The molecule has 24 heavy (non-hydrogen) atoms. The Morgan fingerprint density at radius 1 is 1.00 bits per heavy atom. The minimum atomic E-state index is -0.294. The van der Waals surface area contributed by atoms with Crippen molar-refractivity contribution >= 4 is 5.97 Å². The van der Waals surface area contributed by atoms with E-state index in [9.17, 15) is 4.79 Å². The monoisotopic (exact) mass is 319 g/mol. The van der Waals surface area contributed by atoms with Gasteiger partial charge in [-0.1, -0.05) is 54.1 Å². The largest absolute Gasteiger partial charge is 0.462 e. The molecule has 0 atom stereocenters. The van der Waals surface area contributed by atoms with Gasteiger partial charge in [-0.05, 0) is 38.0 Å². The summed E-state index contributed by atoms with van der Waals surface area (Å²) in [5.41, 5.74) is 6.43. The number of hydrogen-bond acceptors (Lipinski definition) is 2. The first kappa shape index (κ1) is 16.1. The summed E-state index contributed by atoms with van der Waals surface area (Å²) in [5.74, 6) is -0.294. The number of esters is 1. The van der Waals surface area contributed by atoms with E-state index < -0.39 is 0 Å². The van der Waals surface area contributed by atoms with Gasteiger partial charge in [-0.25, -0.2) is 4.79 Å². The van der Waals surface area contributed by atoms with Crippen LogP contribution in [0.1, 0.15) is 28.5 Å². The fourth-order valence-corrected chi connectivity index (χ4v) is 3.02. The number of benzene rings is 2. The third-order valence-corrected chi connectivity index (χ3v) is 4.04. The summed E-state index contributed by atoms with van der Waals surface area (Å²) in [5, 5.41) is 0. The topological polar surface area (TPSA) is 42.1 Å². The minimum absolute atomic E-state index is 0.294. The molecule has 0 fully saturated rings. The first-order chi connectivity index (χ1) is 11.6. The van der Waals surface area contributed by atoms with Crippen LogP contribution in [0.4, 0.5) is 0 Å². The van der Waals surface area contributed by atoms with Crippen LogP contribution in [0.15, 0.2) is 54.6 Å². The molecule has 0 radical (unpaired) electrons. The normalized spacial score (nSPS) is 10.6. The van der Waals surface area contributed by atoms with E-state index in [2.05, 4.69) is 11.1 Å². The summed E-state index contributed by atoms with van der Waals surface area (Å²) in [6.45, 7) is 6.21. The van der Waals surface area contributed by atoms with Crippen molar-refractivity contribution in [1.82, 2.24) is 4.98 Å². The van der Waals surface area contributed by atoms with Gasteiger partial charge >= 0.3 is 5.97 Å². The van der Waals surface area contributed by atoms with Crippen molar-refractivity contribution in [2.45, 2.75) is 20.8 Å². The van der Waals surface area contributed by atoms with Crippen LogP contribution in [0.5, 0.6) is 0 Å². The molecule has 3 heteroatoms. The molecule has 1 aromatic heterocycles. The number of rotatable bonds is 4. The fraction of sp³-hybridized carbons (Fsp3) is 0.190. The predicted octanol–water partition coefficient (Wildman–Crippen LogP) is 5.14. The summed E-state index contributed by atoms with van der Waals surface area (Å²) in [4.78, 5) is 16.1. The van der Waals surface area contributed by atoms with Crippen LogP contribution in [0.25, 0.3) is 22.4 Å². The van der Waals surface area contributed by atoms with Crippen molar-refractivity contribution in [3.8, 4) is 22.4 Å². The van der Waals surface area contributed by atoms with Crippen LogP contribution in [-0.2, 0) is 4.74 Å². The fourth-order valence-electron chi connectivity index (χ4n) is 3.02. The maximum atomic E-state index is 12.7. The second kappa shape index (κ2) is 6.75. The van der Waals surface area contributed by atoms with Crippen molar-refractivity contribution < 1.29 is 9.53 Å². The molecule has 0 aliphatic carbocycles. The number of aromatic nitrogens is 1. The lowest BCUT2D eigenvalue weighted by atomic mass is 9.97. The third kappa shape index (κ3) is 2.98.